The minimum Gasteiger partial charge on any atom is -0.355 e. The van der Waals surface area contributed by atoms with Crippen LogP contribution < -0.4 is 5.32 Å². The van der Waals surface area contributed by atoms with E-state index in [2.05, 4.69) is 5.32 Å². The highest BCUT2D eigenvalue weighted by atomic mass is 32.2. The minimum atomic E-state index is -3.70. The fraction of sp³-hybridized carbons (Fsp3) is 0.923. The predicted octanol–water partition coefficient (Wildman–Crippen LogP) is 0.673. The second-order valence-electron chi connectivity index (χ2n) is 5.48. The second kappa shape index (κ2) is 7.58. The van der Waals surface area contributed by atoms with Crippen molar-refractivity contribution in [3.8, 4) is 0 Å². The SMILES string of the molecule is CCCCCNC(=O)C1C(CCC)S(=O)(=O)CCS1(=O)=O. The van der Waals surface area contributed by atoms with E-state index >= 15 is 0 Å². The van der Waals surface area contributed by atoms with Gasteiger partial charge in [0.15, 0.2) is 24.9 Å². The standard InChI is InChI=1S/C13H25NO5S2/c1-3-5-6-8-14-13(15)12-11(7-4-2)20(16,17)9-10-21(12,18)19/h11-12H,3-10H2,1-2H3,(H,14,15). The molecule has 2 unspecified atom stereocenters. The summed E-state index contributed by atoms with van der Waals surface area (Å²) in [5.74, 6) is -1.49. The number of carbonyl (C=O) groups is 1. The van der Waals surface area contributed by atoms with Gasteiger partial charge in [0.2, 0.25) is 5.91 Å². The van der Waals surface area contributed by atoms with Crippen LogP contribution in [0.5, 0.6) is 0 Å². The lowest BCUT2D eigenvalue weighted by molar-refractivity contribution is -0.120. The molecule has 0 bridgehead atoms. The van der Waals surface area contributed by atoms with Crippen LogP contribution in [-0.4, -0.2) is 51.3 Å². The molecular formula is C13H25NO5S2. The molecule has 1 amide bonds. The Bertz CT molecular complexity index is 553. The van der Waals surface area contributed by atoms with E-state index < -0.39 is 41.8 Å². The van der Waals surface area contributed by atoms with E-state index in [0.29, 0.717) is 13.0 Å². The number of rotatable bonds is 7. The highest BCUT2D eigenvalue weighted by Crippen LogP contribution is 2.26. The maximum absolute atomic E-state index is 12.2. The summed E-state index contributed by atoms with van der Waals surface area (Å²) in [6.45, 7) is 4.20. The molecule has 0 radical (unpaired) electrons. The predicted molar refractivity (Wildman–Crippen MR) is 82.6 cm³/mol. The molecule has 21 heavy (non-hydrogen) atoms. The zero-order valence-electron chi connectivity index (χ0n) is 12.7. The minimum absolute atomic E-state index is 0.203. The Morgan fingerprint density at radius 3 is 2.19 bits per heavy atom. The van der Waals surface area contributed by atoms with Crippen molar-refractivity contribution in [1.29, 1.82) is 0 Å². The van der Waals surface area contributed by atoms with Gasteiger partial charge in [0.25, 0.3) is 0 Å². The lowest BCUT2D eigenvalue weighted by Crippen LogP contribution is -2.55. The summed E-state index contributed by atoms with van der Waals surface area (Å²) in [7, 11) is -7.23. The van der Waals surface area contributed by atoms with E-state index in [1.165, 1.54) is 0 Å². The van der Waals surface area contributed by atoms with Crippen molar-refractivity contribution < 1.29 is 21.6 Å². The molecule has 0 aromatic heterocycles. The molecule has 1 fully saturated rings. The van der Waals surface area contributed by atoms with Crippen LogP contribution in [0.15, 0.2) is 0 Å². The molecule has 0 aromatic rings. The fourth-order valence-corrected chi connectivity index (χ4v) is 8.10. The molecule has 6 nitrogen and oxygen atoms in total. The van der Waals surface area contributed by atoms with Crippen molar-refractivity contribution in [2.75, 3.05) is 18.1 Å². The average Bonchev–Trinajstić information content (AvgIpc) is 2.40. The number of sulfone groups is 2. The van der Waals surface area contributed by atoms with Crippen LogP contribution in [-0.2, 0) is 24.5 Å². The molecule has 0 saturated carbocycles. The van der Waals surface area contributed by atoms with Crippen molar-refractivity contribution in [1.82, 2.24) is 5.32 Å². The molecule has 124 valence electrons. The lowest BCUT2D eigenvalue weighted by Gasteiger charge is -2.30. The fourth-order valence-electron chi connectivity index (χ4n) is 2.56. The van der Waals surface area contributed by atoms with E-state index in [4.69, 9.17) is 0 Å². The lowest BCUT2D eigenvalue weighted by atomic mass is 10.1. The van der Waals surface area contributed by atoms with E-state index in [-0.39, 0.29) is 12.2 Å². The Hall–Kier alpha value is -0.630. The van der Waals surface area contributed by atoms with Gasteiger partial charge < -0.3 is 5.32 Å². The number of hydrogen-bond donors (Lipinski definition) is 1. The maximum Gasteiger partial charge on any atom is 0.239 e. The normalized spacial score (nSPS) is 27.1. The van der Waals surface area contributed by atoms with E-state index in [1.807, 2.05) is 6.92 Å². The van der Waals surface area contributed by atoms with Gasteiger partial charge in [0.05, 0.1) is 16.8 Å². The van der Waals surface area contributed by atoms with Crippen molar-refractivity contribution >= 4 is 25.6 Å². The Balaban J connectivity index is 2.92. The van der Waals surface area contributed by atoms with Gasteiger partial charge in [0, 0.05) is 6.54 Å². The summed E-state index contributed by atoms with van der Waals surface area (Å²) in [6.07, 6.45) is 3.42. The smallest absolute Gasteiger partial charge is 0.239 e. The Kier molecular flexibility index (Phi) is 6.65. The summed E-state index contributed by atoms with van der Waals surface area (Å²) in [5.41, 5.74) is 0. The molecule has 1 rings (SSSR count). The molecule has 0 aliphatic carbocycles. The summed E-state index contributed by atoms with van der Waals surface area (Å²) in [5, 5.41) is 0.0357. The van der Waals surface area contributed by atoms with Gasteiger partial charge in [-0.3, -0.25) is 4.79 Å². The van der Waals surface area contributed by atoms with Crippen LogP contribution in [0.4, 0.5) is 0 Å². The van der Waals surface area contributed by atoms with Crippen LogP contribution in [0.2, 0.25) is 0 Å². The average molecular weight is 339 g/mol. The molecular weight excluding hydrogens is 314 g/mol. The Morgan fingerprint density at radius 1 is 1.00 bits per heavy atom. The molecule has 2 atom stereocenters. The van der Waals surface area contributed by atoms with E-state index in [1.54, 1.807) is 6.92 Å². The third kappa shape index (κ3) is 4.67. The highest BCUT2D eigenvalue weighted by Gasteiger charge is 2.49. The number of hydrogen-bond acceptors (Lipinski definition) is 5. The first-order valence-electron chi connectivity index (χ1n) is 7.47. The van der Waals surface area contributed by atoms with Gasteiger partial charge in [0.1, 0.15) is 0 Å². The summed E-state index contributed by atoms with van der Waals surface area (Å²) < 4.78 is 48.5. The summed E-state index contributed by atoms with van der Waals surface area (Å²) in [4.78, 5) is 12.2. The quantitative estimate of drug-likeness (QED) is 0.688. The van der Waals surface area contributed by atoms with Crippen LogP contribution in [0, 0.1) is 0 Å². The zero-order chi connectivity index (χ0) is 16.1. The van der Waals surface area contributed by atoms with Crippen molar-refractivity contribution in [2.24, 2.45) is 0 Å². The molecule has 1 saturated heterocycles. The van der Waals surface area contributed by atoms with Crippen LogP contribution in [0.25, 0.3) is 0 Å². The van der Waals surface area contributed by atoms with E-state index in [0.717, 1.165) is 19.3 Å². The molecule has 0 aromatic carbocycles. The van der Waals surface area contributed by atoms with E-state index in [9.17, 15) is 21.6 Å². The van der Waals surface area contributed by atoms with Crippen LogP contribution in [0.1, 0.15) is 46.0 Å². The molecule has 1 N–H and O–H groups in total. The molecule has 1 aliphatic rings. The first kappa shape index (κ1) is 18.4. The Morgan fingerprint density at radius 2 is 1.62 bits per heavy atom. The van der Waals surface area contributed by atoms with Crippen molar-refractivity contribution in [3.05, 3.63) is 0 Å². The highest BCUT2D eigenvalue weighted by molar-refractivity contribution is 7.99. The number of carbonyl (C=O) groups excluding carboxylic acids is 1. The maximum atomic E-state index is 12.2. The van der Waals surface area contributed by atoms with Crippen LogP contribution >= 0.6 is 0 Å². The number of nitrogens with one attached hydrogen (secondary N) is 1. The zero-order valence-corrected chi connectivity index (χ0v) is 14.3. The monoisotopic (exact) mass is 339 g/mol. The summed E-state index contributed by atoms with van der Waals surface area (Å²) >= 11 is 0. The first-order chi connectivity index (χ1) is 9.76. The summed E-state index contributed by atoms with van der Waals surface area (Å²) in [6, 6.07) is 0. The van der Waals surface area contributed by atoms with Gasteiger partial charge in [-0.2, -0.15) is 0 Å². The second-order valence-corrected chi connectivity index (χ2v) is 10.1. The largest absolute Gasteiger partial charge is 0.355 e. The van der Waals surface area contributed by atoms with Gasteiger partial charge in [-0.25, -0.2) is 16.8 Å². The van der Waals surface area contributed by atoms with Gasteiger partial charge in [-0.05, 0) is 12.8 Å². The molecule has 1 aliphatic heterocycles. The van der Waals surface area contributed by atoms with Gasteiger partial charge in [-0.1, -0.05) is 33.1 Å². The Labute approximate surface area is 127 Å². The third-order valence-corrected chi connectivity index (χ3v) is 8.47. The molecule has 1 heterocycles. The number of amides is 1. The van der Waals surface area contributed by atoms with Gasteiger partial charge in [-0.15, -0.1) is 0 Å². The van der Waals surface area contributed by atoms with Crippen molar-refractivity contribution in [2.45, 2.75) is 56.5 Å². The van der Waals surface area contributed by atoms with Gasteiger partial charge >= 0.3 is 0 Å². The number of unbranched alkanes of at least 4 members (excludes halogenated alkanes) is 2. The first-order valence-corrected chi connectivity index (χ1v) is 10.9. The topological polar surface area (TPSA) is 97.4 Å². The van der Waals surface area contributed by atoms with Crippen molar-refractivity contribution in [3.63, 3.8) is 0 Å². The molecule has 0 spiro atoms. The molecule has 8 heteroatoms. The van der Waals surface area contributed by atoms with Crippen LogP contribution in [0.3, 0.4) is 0 Å². The third-order valence-electron chi connectivity index (χ3n) is 3.75.